The summed E-state index contributed by atoms with van der Waals surface area (Å²) in [5.74, 6) is 0.733. The second kappa shape index (κ2) is 5.85. The van der Waals surface area contributed by atoms with Crippen LogP contribution in [-0.4, -0.2) is 11.1 Å². The first kappa shape index (κ1) is 13.6. The third-order valence-electron chi connectivity index (χ3n) is 2.87. The second-order valence-electron chi connectivity index (χ2n) is 4.31. The fourth-order valence-electron chi connectivity index (χ4n) is 1.91. The molecule has 0 amide bonds. The first-order valence-electron chi connectivity index (χ1n) is 6.08. The number of halogens is 2. The predicted molar refractivity (Wildman–Crippen MR) is 77.6 cm³/mol. The number of H-pyrrole nitrogens is 1. The Kier molecular flexibility index (Phi) is 4.41. The maximum atomic E-state index is 6.15. The van der Waals surface area contributed by atoms with Gasteiger partial charge in [-0.3, -0.25) is 0 Å². The summed E-state index contributed by atoms with van der Waals surface area (Å²) in [4.78, 5) is 3.05. The molecular formula is C14H16Cl2NO. The van der Waals surface area contributed by atoms with Crippen molar-refractivity contribution in [2.75, 3.05) is 0 Å². The van der Waals surface area contributed by atoms with E-state index in [0.717, 1.165) is 35.9 Å². The maximum absolute atomic E-state index is 6.15. The van der Waals surface area contributed by atoms with Crippen molar-refractivity contribution in [3.63, 3.8) is 0 Å². The number of rotatable bonds is 5. The molecule has 0 bridgehead atoms. The number of benzene rings is 1. The standard InChI is InChI=1S/C14H16Cl2NO/c1-3-4-5-9(2)18-12-7-6-10(15)14-13(12)11(16)8-17-14/h6-9,17H,2-5H2,1H3. The van der Waals surface area contributed by atoms with E-state index in [1.54, 1.807) is 12.3 Å². The zero-order chi connectivity index (χ0) is 13.1. The minimum atomic E-state index is -0.0692. The number of hydrogen-bond donors (Lipinski definition) is 1. The first-order chi connectivity index (χ1) is 8.63. The van der Waals surface area contributed by atoms with Crippen molar-refractivity contribution in [3.8, 4) is 5.75 Å². The van der Waals surface area contributed by atoms with E-state index in [-0.39, 0.29) is 6.10 Å². The highest BCUT2D eigenvalue weighted by Gasteiger charge is 2.13. The third kappa shape index (κ3) is 2.76. The summed E-state index contributed by atoms with van der Waals surface area (Å²) in [6.07, 6.45) is 4.82. The number of ether oxygens (including phenoxy) is 1. The Morgan fingerprint density at radius 2 is 2.11 bits per heavy atom. The van der Waals surface area contributed by atoms with Crippen LogP contribution in [0.4, 0.5) is 0 Å². The number of fused-ring (bicyclic) bond motifs is 1. The molecule has 97 valence electrons. The average molecular weight is 285 g/mol. The highest BCUT2D eigenvalue weighted by molar-refractivity contribution is 6.40. The first-order valence-corrected chi connectivity index (χ1v) is 6.84. The SMILES string of the molecule is [CH2]C(CCCC)Oc1ccc(Cl)c2[nH]cc(Cl)c12. The molecule has 4 heteroatoms. The number of hydrogen-bond acceptors (Lipinski definition) is 1. The van der Waals surface area contributed by atoms with Crippen molar-refractivity contribution in [3.05, 3.63) is 35.3 Å². The molecule has 1 N–H and O–H groups in total. The largest absolute Gasteiger partial charge is 0.490 e. The van der Waals surface area contributed by atoms with Gasteiger partial charge in [-0.2, -0.15) is 0 Å². The smallest absolute Gasteiger partial charge is 0.130 e. The Bertz CT molecular complexity index is 536. The summed E-state index contributed by atoms with van der Waals surface area (Å²) >= 11 is 12.2. The van der Waals surface area contributed by atoms with Crippen molar-refractivity contribution < 1.29 is 4.74 Å². The van der Waals surface area contributed by atoms with Crippen molar-refractivity contribution in [1.29, 1.82) is 0 Å². The Morgan fingerprint density at radius 1 is 1.33 bits per heavy atom. The second-order valence-corrected chi connectivity index (χ2v) is 5.13. The average Bonchev–Trinajstić information content (AvgIpc) is 2.74. The van der Waals surface area contributed by atoms with E-state index >= 15 is 0 Å². The highest BCUT2D eigenvalue weighted by atomic mass is 35.5. The van der Waals surface area contributed by atoms with E-state index in [1.807, 2.05) is 6.07 Å². The fourth-order valence-corrected chi connectivity index (χ4v) is 2.37. The van der Waals surface area contributed by atoms with Crippen molar-refractivity contribution in [2.45, 2.75) is 32.3 Å². The molecule has 2 aromatic rings. The van der Waals surface area contributed by atoms with E-state index in [1.165, 1.54) is 0 Å². The van der Waals surface area contributed by atoms with E-state index in [4.69, 9.17) is 27.9 Å². The molecule has 1 aromatic carbocycles. The predicted octanol–water partition coefficient (Wildman–Crippen LogP) is 5.25. The molecule has 1 heterocycles. The molecule has 1 radical (unpaired) electrons. The third-order valence-corrected chi connectivity index (χ3v) is 3.48. The summed E-state index contributed by atoms with van der Waals surface area (Å²) in [6, 6.07) is 3.65. The summed E-state index contributed by atoms with van der Waals surface area (Å²) in [7, 11) is 0. The highest BCUT2D eigenvalue weighted by Crippen LogP contribution is 2.36. The lowest BCUT2D eigenvalue weighted by Gasteiger charge is -2.15. The molecular weight excluding hydrogens is 269 g/mol. The van der Waals surface area contributed by atoms with Gasteiger partial charge in [0, 0.05) is 6.20 Å². The lowest BCUT2D eigenvalue weighted by atomic mass is 10.2. The molecule has 0 spiro atoms. The van der Waals surface area contributed by atoms with Gasteiger partial charge in [-0.05, 0) is 25.5 Å². The zero-order valence-corrected chi connectivity index (χ0v) is 11.8. The van der Waals surface area contributed by atoms with Crippen LogP contribution in [0.25, 0.3) is 10.9 Å². The molecule has 0 fully saturated rings. The van der Waals surface area contributed by atoms with Crippen molar-refractivity contribution >= 4 is 34.1 Å². The molecule has 0 aliphatic rings. The van der Waals surface area contributed by atoms with Gasteiger partial charge in [0.05, 0.1) is 27.1 Å². The summed E-state index contributed by atoms with van der Waals surface area (Å²) in [5.41, 5.74) is 0.807. The molecule has 0 aliphatic heterocycles. The van der Waals surface area contributed by atoms with Crippen LogP contribution < -0.4 is 4.74 Å². The Hall–Kier alpha value is -0.860. The van der Waals surface area contributed by atoms with Crippen molar-refractivity contribution in [2.24, 2.45) is 0 Å². The Morgan fingerprint density at radius 3 is 2.83 bits per heavy atom. The van der Waals surface area contributed by atoms with E-state index in [0.29, 0.717) is 10.0 Å². The van der Waals surface area contributed by atoms with Crippen LogP contribution in [0.2, 0.25) is 10.0 Å². The van der Waals surface area contributed by atoms with Crippen LogP contribution in [-0.2, 0) is 0 Å². The number of aromatic nitrogens is 1. The van der Waals surface area contributed by atoms with Gasteiger partial charge in [0.15, 0.2) is 0 Å². The summed E-state index contributed by atoms with van der Waals surface area (Å²) < 4.78 is 5.85. The molecule has 1 unspecified atom stereocenters. The monoisotopic (exact) mass is 284 g/mol. The molecule has 1 atom stereocenters. The van der Waals surface area contributed by atoms with Crippen LogP contribution in [0, 0.1) is 6.92 Å². The van der Waals surface area contributed by atoms with Gasteiger partial charge in [-0.1, -0.05) is 43.0 Å². The number of nitrogens with one attached hydrogen (secondary N) is 1. The van der Waals surface area contributed by atoms with Gasteiger partial charge in [0.1, 0.15) is 5.75 Å². The zero-order valence-electron chi connectivity index (χ0n) is 10.3. The molecule has 2 nitrogen and oxygen atoms in total. The lowest BCUT2D eigenvalue weighted by Crippen LogP contribution is -2.11. The number of unbranched alkanes of at least 4 members (excludes halogenated alkanes) is 1. The molecule has 2 rings (SSSR count). The van der Waals surface area contributed by atoms with Gasteiger partial charge in [0.25, 0.3) is 0 Å². The van der Waals surface area contributed by atoms with E-state index < -0.39 is 0 Å². The number of aromatic amines is 1. The van der Waals surface area contributed by atoms with Gasteiger partial charge in [0.2, 0.25) is 0 Å². The van der Waals surface area contributed by atoms with Crippen LogP contribution in [0.1, 0.15) is 26.2 Å². The Labute approximate surface area is 117 Å². The Balaban J connectivity index is 2.28. The molecule has 0 saturated heterocycles. The summed E-state index contributed by atoms with van der Waals surface area (Å²) in [5, 5.41) is 2.08. The normalized spacial score (nSPS) is 12.9. The van der Waals surface area contributed by atoms with Gasteiger partial charge in [-0.25, -0.2) is 0 Å². The fraction of sp³-hybridized carbons (Fsp3) is 0.357. The van der Waals surface area contributed by atoms with Crippen LogP contribution in [0.15, 0.2) is 18.3 Å². The quantitative estimate of drug-likeness (QED) is 0.797. The molecule has 0 saturated carbocycles. The summed E-state index contributed by atoms with van der Waals surface area (Å²) in [6.45, 7) is 6.15. The minimum absolute atomic E-state index is 0.0692. The van der Waals surface area contributed by atoms with Gasteiger partial charge < -0.3 is 9.72 Å². The molecule has 18 heavy (non-hydrogen) atoms. The van der Waals surface area contributed by atoms with E-state index in [9.17, 15) is 0 Å². The van der Waals surface area contributed by atoms with Gasteiger partial charge in [-0.15, -0.1) is 0 Å². The lowest BCUT2D eigenvalue weighted by molar-refractivity contribution is 0.235. The van der Waals surface area contributed by atoms with Crippen molar-refractivity contribution in [1.82, 2.24) is 4.98 Å². The topological polar surface area (TPSA) is 25.0 Å². The van der Waals surface area contributed by atoms with Crippen LogP contribution in [0.3, 0.4) is 0 Å². The van der Waals surface area contributed by atoms with E-state index in [2.05, 4.69) is 18.8 Å². The molecule has 0 aliphatic carbocycles. The molecule has 1 aromatic heterocycles. The van der Waals surface area contributed by atoms with Crippen LogP contribution in [0.5, 0.6) is 5.75 Å². The maximum Gasteiger partial charge on any atom is 0.130 e. The van der Waals surface area contributed by atoms with Gasteiger partial charge >= 0.3 is 0 Å². The minimum Gasteiger partial charge on any atom is -0.490 e. The van der Waals surface area contributed by atoms with Crippen LogP contribution >= 0.6 is 23.2 Å².